The Balaban J connectivity index is 3.29. The Morgan fingerprint density at radius 3 is 2.38 bits per heavy atom. The molecule has 1 rings (SSSR count). The number of carboxylic acid groups (broad SMARTS) is 1. The largest absolute Gasteiger partial charge is 0.478 e. The Hall–Kier alpha value is -1.51. The van der Waals surface area contributed by atoms with Crippen LogP contribution in [0.5, 0.6) is 0 Å². The van der Waals surface area contributed by atoms with E-state index in [2.05, 4.69) is 4.72 Å². The van der Waals surface area contributed by atoms with Gasteiger partial charge in [0.1, 0.15) is 5.82 Å². The number of aryl methyl sites for hydroxylation is 1. The van der Waals surface area contributed by atoms with Gasteiger partial charge in [0.25, 0.3) is 0 Å². The van der Waals surface area contributed by atoms with E-state index in [1.807, 2.05) is 0 Å². The predicted octanol–water partition coefficient (Wildman–Crippen LogP) is 1.13. The minimum absolute atomic E-state index is 0.0830. The van der Waals surface area contributed by atoms with Gasteiger partial charge in [-0.1, -0.05) is 13.8 Å². The Kier molecular flexibility index (Phi) is 5.43. The van der Waals surface area contributed by atoms with E-state index in [0.29, 0.717) is 0 Å². The van der Waals surface area contributed by atoms with Gasteiger partial charge >= 0.3 is 5.97 Å². The molecule has 0 amide bonds. The maximum absolute atomic E-state index is 13.6. The molecule has 0 fully saturated rings. The van der Waals surface area contributed by atoms with Gasteiger partial charge in [-0.25, -0.2) is 22.3 Å². The van der Waals surface area contributed by atoms with Crippen LogP contribution in [0.15, 0.2) is 17.0 Å². The molecule has 6 nitrogen and oxygen atoms in total. The molecule has 0 saturated heterocycles. The zero-order chi connectivity index (χ0) is 16.4. The zero-order valence-corrected chi connectivity index (χ0v) is 12.7. The third kappa shape index (κ3) is 3.99. The zero-order valence-electron chi connectivity index (χ0n) is 11.9. The second-order valence-corrected chi connectivity index (χ2v) is 6.78. The average molecular weight is 319 g/mol. The minimum atomic E-state index is -4.05. The fourth-order valence-corrected chi connectivity index (χ4v) is 3.19. The number of rotatable bonds is 6. The molecule has 0 heterocycles. The third-order valence-electron chi connectivity index (χ3n) is 3.08. The summed E-state index contributed by atoms with van der Waals surface area (Å²) < 4.78 is 40.3. The van der Waals surface area contributed by atoms with Crippen LogP contribution in [-0.4, -0.2) is 37.2 Å². The first-order valence-electron chi connectivity index (χ1n) is 6.26. The molecular weight excluding hydrogens is 301 g/mol. The molecule has 1 atom stereocenters. The highest BCUT2D eigenvalue weighted by atomic mass is 32.2. The number of aromatic carboxylic acids is 1. The summed E-state index contributed by atoms with van der Waals surface area (Å²) >= 11 is 0. The third-order valence-corrected chi connectivity index (χ3v) is 4.55. The van der Waals surface area contributed by atoms with E-state index >= 15 is 0 Å². The summed E-state index contributed by atoms with van der Waals surface area (Å²) in [5.74, 6) is -2.68. The van der Waals surface area contributed by atoms with Gasteiger partial charge in [0.05, 0.1) is 17.1 Å². The summed E-state index contributed by atoms with van der Waals surface area (Å²) in [6.07, 6.45) is 0. The smallest absolute Gasteiger partial charge is 0.338 e. The van der Waals surface area contributed by atoms with Gasteiger partial charge < -0.3 is 10.2 Å². The number of aliphatic hydroxyl groups excluding tert-OH is 1. The number of hydrogen-bond acceptors (Lipinski definition) is 4. The highest BCUT2D eigenvalue weighted by Crippen LogP contribution is 2.20. The van der Waals surface area contributed by atoms with Gasteiger partial charge in [0, 0.05) is 6.04 Å². The fraction of sp³-hybridized carbons (Fsp3) is 0.462. The molecule has 21 heavy (non-hydrogen) atoms. The molecule has 0 aliphatic heterocycles. The highest BCUT2D eigenvalue weighted by Gasteiger charge is 2.25. The summed E-state index contributed by atoms with van der Waals surface area (Å²) in [7, 11) is -4.05. The normalized spacial score (nSPS) is 13.4. The lowest BCUT2D eigenvalue weighted by Crippen LogP contribution is -2.41. The molecule has 0 saturated carbocycles. The first-order chi connectivity index (χ1) is 9.60. The minimum Gasteiger partial charge on any atom is -0.478 e. The monoisotopic (exact) mass is 319 g/mol. The summed E-state index contributed by atoms with van der Waals surface area (Å²) in [6.45, 7) is 4.33. The van der Waals surface area contributed by atoms with Crippen LogP contribution in [0.1, 0.15) is 29.8 Å². The second kappa shape index (κ2) is 6.50. The van der Waals surface area contributed by atoms with Crippen molar-refractivity contribution in [1.82, 2.24) is 4.72 Å². The highest BCUT2D eigenvalue weighted by molar-refractivity contribution is 7.89. The van der Waals surface area contributed by atoms with E-state index in [1.54, 1.807) is 13.8 Å². The van der Waals surface area contributed by atoms with Gasteiger partial charge in [-0.3, -0.25) is 0 Å². The van der Waals surface area contributed by atoms with Crippen LogP contribution in [0.3, 0.4) is 0 Å². The number of carboxylic acids is 1. The molecule has 1 aromatic carbocycles. The van der Waals surface area contributed by atoms with Crippen molar-refractivity contribution in [3.8, 4) is 0 Å². The molecule has 0 bridgehead atoms. The van der Waals surface area contributed by atoms with Crippen LogP contribution in [0.25, 0.3) is 0 Å². The summed E-state index contributed by atoms with van der Waals surface area (Å²) in [5, 5.41) is 18.1. The topological polar surface area (TPSA) is 104 Å². The molecule has 118 valence electrons. The van der Waals surface area contributed by atoms with Crippen molar-refractivity contribution in [3.05, 3.63) is 29.1 Å². The van der Waals surface area contributed by atoms with Crippen LogP contribution >= 0.6 is 0 Å². The quantitative estimate of drug-likeness (QED) is 0.729. The molecule has 0 aliphatic rings. The van der Waals surface area contributed by atoms with Crippen LogP contribution in [-0.2, 0) is 10.0 Å². The van der Waals surface area contributed by atoms with E-state index in [1.165, 1.54) is 6.92 Å². The van der Waals surface area contributed by atoms with Crippen molar-refractivity contribution >= 4 is 16.0 Å². The van der Waals surface area contributed by atoms with Gasteiger partial charge in [-0.15, -0.1) is 0 Å². The second-order valence-electron chi connectivity index (χ2n) is 5.06. The van der Waals surface area contributed by atoms with Gasteiger partial charge in [-0.2, -0.15) is 0 Å². The molecule has 0 spiro atoms. The van der Waals surface area contributed by atoms with E-state index in [4.69, 9.17) is 10.2 Å². The summed E-state index contributed by atoms with van der Waals surface area (Å²) in [4.78, 5) is 10.6. The van der Waals surface area contributed by atoms with Gasteiger partial charge in [-0.05, 0) is 30.5 Å². The lowest BCUT2D eigenvalue weighted by molar-refractivity contribution is 0.0691. The lowest BCUT2D eigenvalue weighted by Gasteiger charge is -2.20. The first-order valence-corrected chi connectivity index (χ1v) is 7.75. The van der Waals surface area contributed by atoms with Gasteiger partial charge in [0.15, 0.2) is 0 Å². The number of halogens is 1. The van der Waals surface area contributed by atoms with E-state index in [0.717, 1.165) is 12.1 Å². The maximum Gasteiger partial charge on any atom is 0.338 e. The van der Waals surface area contributed by atoms with E-state index < -0.39 is 40.0 Å². The molecule has 1 aromatic rings. The molecule has 3 N–H and O–H groups in total. The lowest BCUT2D eigenvalue weighted by atomic mass is 10.1. The fourth-order valence-electron chi connectivity index (χ4n) is 1.70. The summed E-state index contributed by atoms with van der Waals surface area (Å²) in [6, 6.07) is 1.11. The Morgan fingerprint density at radius 1 is 1.38 bits per heavy atom. The Bertz CT molecular complexity index is 642. The number of benzene rings is 1. The van der Waals surface area contributed by atoms with Gasteiger partial charge in [0.2, 0.25) is 10.0 Å². The molecule has 0 radical (unpaired) electrons. The van der Waals surface area contributed by atoms with Crippen molar-refractivity contribution in [1.29, 1.82) is 0 Å². The van der Waals surface area contributed by atoms with Crippen molar-refractivity contribution in [2.24, 2.45) is 5.92 Å². The average Bonchev–Trinajstić information content (AvgIpc) is 2.38. The van der Waals surface area contributed by atoms with Crippen molar-refractivity contribution in [2.75, 3.05) is 6.61 Å². The van der Waals surface area contributed by atoms with Crippen molar-refractivity contribution in [2.45, 2.75) is 31.7 Å². The summed E-state index contributed by atoms with van der Waals surface area (Å²) in [5.41, 5.74) is -0.791. The van der Waals surface area contributed by atoms with Crippen LogP contribution in [0, 0.1) is 18.7 Å². The van der Waals surface area contributed by atoms with E-state index in [-0.39, 0.29) is 16.4 Å². The molecule has 0 aliphatic carbocycles. The Morgan fingerprint density at radius 2 is 1.95 bits per heavy atom. The number of carbonyl (C=O) groups is 1. The number of sulfonamides is 1. The number of nitrogens with one attached hydrogen (secondary N) is 1. The van der Waals surface area contributed by atoms with Crippen LogP contribution in [0.2, 0.25) is 0 Å². The van der Waals surface area contributed by atoms with Crippen molar-refractivity contribution in [3.63, 3.8) is 0 Å². The maximum atomic E-state index is 13.6. The molecule has 8 heteroatoms. The first kappa shape index (κ1) is 17.5. The van der Waals surface area contributed by atoms with Crippen molar-refractivity contribution < 1.29 is 27.8 Å². The standard InChI is InChI=1S/C13H18FNO5S/c1-7(2)11(6-16)15-21(19,20)9-4-8(3)12(14)10(5-9)13(17)18/h4-5,7,11,15-16H,6H2,1-3H3,(H,17,18). The number of aliphatic hydroxyl groups is 1. The molecule has 1 unspecified atom stereocenters. The number of hydrogen-bond donors (Lipinski definition) is 3. The van der Waals surface area contributed by atoms with E-state index in [9.17, 15) is 17.6 Å². The van der Waals surface area contributed by atoms with Crippen LogP contribution < -0.4 is 4.72 Å². The molecular formula is C13H18FNO5S. The Labute approximate surface area is 122 Å². The predicted molar refractivity (Wildman–Crippen MR) is 74.1 cm³/mol. The molecule has 0 aromatic heterocycles. The van der Waals surface area contributed by atoms with Crippen LogP contribution in [0.4, 0.5) is 4.39 Å². The SMILES string of the molecule is Cc1cc(S(=O)(=O)NC(CO)C(C)C)cc(C(=O)O)c1F.